The molecular formula is C54H89O9P. The molecule has 0 bridgehead atoms. The van der Waals surface area contributed by atoms with Gasteiger partial charge in [0, 0.05) is 13.0 Å². The first-order valence-electron chi connectivity index (χ1n) is 24.5. The lowest BCUT2D eigenvalue weighted by Gasteiger charge is -2.20. The zero-order chi connectivity index (χ0) is 46.7. The lowest BCUT2D eigenvalue weighted by molar-refractivity contribution is -0.154. The monoisotopic (exact) mass is 913 g/mol. The van der Waals surface area contributed by atoms with Crippen molar-refractivity contribution in [2.75, 3.05) is 33.0 Å². The average Bonchev–Trinajstić information content (AvgIpc) is 3.29. The third-order valence-electron chi connectivity index (χ3n) is 9.64. The number of hydrogen-bond donors (Lipinski definition) is 3. The molecule has 0 aromatic carbocycles. The maximum Gasteiger partial charge on any atom is 0.472 e. The van der Waals surface area contributed by atoms with E-state index in [9.17, 15) is 19.4 Å². The number of esters is 1. The summed E-state index contributed by atoms with van der Waals surface area (Å²) in [7, 11) is -4.55. The number of rotatable bonds is 45. The summed E-state index contributed by atoms with van der Waals surface area (Å²) in [5.41, 5.74) is 0. The largest absolute Gasteiger partial charge is 0.472 e. The second-order valence-electron chi connectivity index (χ2n) is 15.7. The van der Waals surface area contributed by atoms with E-state index in [1.807, 2.05) is 0 Å². The van der Waals surface area contributed by atoms with Gasteiger partial charge in [-0.1, -0.05) is 180 Å². The van der Waals surface area contributed by atoms with E-state index in [1.54, 1.807) is 0 Å². The Morgan fingerprint density at radius 2 is 0.844 bits per heavy atom. The average molecular weight is 913 g/mol. The molecule has 0 radical (unpaired) electrons. The molecule has 9 nitrogen and oxygen atoms in total. The topological polar surface area (TPSA) is 132 Å². The molecule has 3 unspecified atom stereocenters. The number of carbonyl (C=O) groups is 1. The molecule has 0 saturated heterocycles. The van der Waals surface area contributed by atoms with E-state index in [0.717, 1.165) is 116 Å². The fraction of sp³-hybridized carbons (Fsp3) is 0.611. The van der Waals surface area contributed by atoms with Gasteiger partial charge in [0.2, 0.25) is 0 Å². The van der Waals surface area contributed by atoms with Crippen molar-refractivity contribution < 1.29 is 43.0 Å². The van der Waals surface area contributed by atoms with Crippen molar-refractivity contribution in [2.45, 2.75) is 180 Å². The first kappa shape index (κ1) is 60.9. The third-order valence-corrected chi connectivity index (χ3v) is 10.6. The zero-order valence-corrected chi connectivity index (χ0v) is 40.8. The third kappa shape index (κ3) is 48.3. The molecule has 0 saturated carbocycles. The summed E-state index contributed by atoms with van der Waals surface area (Å²) < 4.78 is 33.5. The van der Waals surface area contributed by atoms with Crippen LogP contribution in [0.3, 0.4) is 0 Å². The van der Waals surface area contributed by atoms with Crippen molar-refractivity contribution >= 4 is 13.8 Å². The lowest BCUT2D eigenvalue weighted by atomic mass is 10.1. The van der Waals surface area contributed by atoms with Crippen molar-refractivity contribution in [3.8, 4) is 0 Å². The molecule has 3 N–H and O–H groups in total. The molecule has 364 valence electrons. The predicted octanol–water partition coefficient (Wildman–Crippen LogP) is 14.4. The Morgan fingerprint density at radius 3 is 1.27 bits per heavy atom. The Balaban J connectivity index is 4.23. The summed E-state index contributed by atoms with van der Waals surface area (Å²) in [6, 6.07) is 0. The molecule has 0 aliphatic rings. The second-order valence-corrected chi connectivity index (χ2v) is 17.2. The van der Waals surface area contributed by atoms with Crippen molar-refractivity contribution in [3.63, 3.8) is 0 Å². The highest BCUT2D eigenvalue weighted by molar-refractivity contribution is 7.47. The van der Waals surface area contributed by atoms with Gasteiger partial charge in [-0.3, -0.25) is 13.8 Å². The van der Waals surface area contributed by atoms with E-state index in [0.29, 0.717) is 13.0 Å². The number of phosphoric acid groups is 1. The Morgan fingerprint density at radius 1 is 0.484 bits per heavy atom. The first-order valence-corrected chi connectivity index (χ1v) is 26.0. The SMILES string of the molecule is CC/C=C\C/C=C\C/C=C\C/C=C\C/C=C\C/C=C\CCCCCOCC(COP(=O)(O)OCC(O)CO)OC(=O)CCCCCCCCCC/C=C\C/C=C\C/C=C\C/C=C\CC. The summed E-state index contributed by atoms with van der Waals surface area (Å²) in [6.07, 6.45) is 65.9. The van der Waals surface area contributed by atoms with Crippen LogP contribution in [0.1, 0.15) is 168 Å². The minimum Gasteiger partial charge on any atom is -0.457 e. The van der Waals surface area contributed by atoms with Crippen LogP contribution in [-0.4, -0.2) is 66.3 Å². The molecule has 10 heteroatoms. The van der Waals surface area contributed by atoms with Crippen LogP contribution >= 0.6 is 7.82 Å². The van der Waals surface area contributed by atoms with Crippen LogP contribution in [0.4, 0.5) is 0 Å². The molecule has 0 heterocycles. The number of unbranched alkanes of at least 4 members (excludes halogenated alkanes) is 11. The van der Waals surface area contributed by atoms with Gasteiger partial charge in [0.05, 0.1) is 26.4 Å². The van der Waals surface area contributed by atoms with E-state index < -0.39 is 45.8 Å². The highest BCUT2D eigenvalue weighted by Gasteiger charge is 2.26. The quantitative estimate of drug-likeness (QED) is 0.0236. The Kier molecular flexibility index (Phi) is 46.9. The Bertz CT molecular complexity index is 1400. The summed E-state index contributed by atoms with van der Waals surface area (Å²) in [6.45, 7) is 3.17. The zero-order valence-electron chi connectivity index (χ0n) is 39.9. The maximum absolute atomic E-state index is 12.7. The molecule has 0 aliphatic heterocycles. The number of aliphatic hydroxyl groups is 2. The van der Waals surface area contributed by atoms with Crippen molar-refractivity contribution in [3.05, 3.63) is 122 Å². The van der Waals surface area contributed by atoms with Crippen molar-refractivity contribution in [2.24, 2.45) is 0 Å². The van der Waals surface area contributed by atoms with Gasteiger partial charge in [0.1, 0.15) is 12.2 Å². The van der Waals surface area contributed by atoms with E-state index >= 15 is 0 Å². The van der Waals surface area contributed by atoms with Crippen LogP contribution in [0.5, 0.6) is 0 Å². The number of allylic oxidation sites excluding steroid dienone is 20. The fourth-order valence-corrected chi connectivity index (χ4v) is 6.79. The minimum absolute atomic E-state index is 0.0143. The molecule has 3 atom stereocenters. The van der Waals surface area contributed by atoms with E-state index in [1.165, 1.54) is 25.7 Å². The van der Waals surface area contributed by atoms with Crippen LogP contribution in [0.15, 0.2) is 122 Å². The Labute approximate surface area is 390 Å². The first-order chi connectivity index (χ1) is 31.3. The molecule has 0 fully saturated rings. The molecule has 0 aromatic heterocycles. The second kappa shape index (κ2) is 49.3. The van der Waals surface area contributed by atoms with E-state index in [2.05, 4.69) is 135 Å². The maximum atomic E-state index is 12.7. The fourth-order valence-electron chi connectivity index (χ4n) is 6.00. The standard InChI is InChI=1S/C54H89O9P/c1-3-5-7-9-11-13-15-17-19-21-23-25-27-29-31-33-35-37-39-41-43-45-47-60-50-53(51-62-64(58,59)61-49-52(56)48-55)63-54(57)46-44-42-40-38-36-34-32-30-28-26-24-22-20-18-16-14-12-10-8-6-4-2/h5-8,11-14,17-20,23-26,29,31,35,37,52-53,55-56H,3-4,9-10,15-16,21-22,27-28,30,32-34,36,38-51H2,1-2H3,(H,58,59)/b7-5-,8-6-,13-11-,14-12-,19-17-,20-18-,25-23-,26-24-,31-29-,37-35-. The number of hydrogen-bond acceptors (Lipinski definition) is 8. The Hall–Kier alpha value is -3.14. The van der Waals surface area contributed by atoms with Gasteiger partial charge in [-0.2, -0.15) is 0 Å². The van der Waals surface area contributed by atoms with Crippen molar-refractivity contribution in [1.29, 1.82) is 0 Å². The smallest absolute Gasteiger partial charge is 0.457 e. The van der Waals surface area contributed by atoms with Gasteiger partial charge >= 0.3 is 13.8 Å². The summed E-state index contributed by atoms with van der Waals surface area (Å²) in [4.78, 5) is 22.7. The van der Waals surface area contributed by atoms with Gasteiger partial charge in [0.25, 0.3) is 0 Å². The normalized spacial score (nSPS) is 14.9. The van der Waals surface area contributed by atoms with E-state index in [-0.39, 0.29) is 13.0 Å². The molecular weight excluding hydrogens is 824 g/mol. The highest BCUT2D eigenvalue weighted by Crippen LogP contribution is 2.43. The number of aliphatic hydroxyl groups excluding tert-OH is 2. The summed E-state index contributed by atoms with van der Waals surface area (Å²) >= 11 is 0. The highest BCUT2D eigenvalue weighted by atomic mass is 31.2. The molecule has 0 rings (SSSR count). The number of phosphoric ester groups is 1. The summed E-state index contributed by atoms with van der Waals surface area (Å²) in [5, 5.41) is 18.4. The van der Waals surface area contributed by atoms with Gasteiger partial charge in [-0.15, -0.1) is 0 Å². The predicted molar refractivity (Wildman–Crippen MR) is 269 cm³/mol. The van der Waals surface area contributed by atoms with Crippen molar-refractivity contribution in [1.82, 2.24) is 0 Å². The summed E-state index contributed by atoms with van der Waals surface area (Å²) in [5.74, 6) is -0.409. The van der Waals surface area contributed by atoms with Gasteiger partial charge in [0.15, 0.2) is 0 Å². The van der Waals surface area contributed by atoms with Gasteiger partial charge in [-0.05, 0) is 103 Å². The molecule has 0 aliphatic carbocycles. The molecule has 64 heavy (non-hydrogen) atoms. The lowest BCUT2D eigenvalue weighted by Crippen LogP contribution is -2.29. The van der Waals surface area contributed by atoms with E-state index in [4.69, 9.17) is 23.6 Å². The van der Waals surface area contributed by atoms with Gasteiger partial charge < -0.3 is 24.6 Å². The molecule has 0 aromatic rings. The minimum atomic E-state index is -4.55. The van der Waals surface area contributed by atoms with Crippen LogP contribution in [-0.2, 0) is 27.9 Å². The molecule has 0 amide bonds. The number of ether oxygens (including phenoxy) is 2. The van der Waals surface area contributed by atoms with Crippen LogP contribution < -0.4 is 0 Å². The van der Waals surface area contributed by atoms with Crippen LogP contribution in [0.2, 0.25) is 0 Å². The molecule has 0 spiro atoms. The van der Waals surface area contributed by atoms with Crippen LogP contribution in [0, 0.1) is 0 Å². The number of carbonyl (C=O) groups excluding carboxylic acids is 1. The van der Waals surface area contributed by atoms with Crippen LogP contribution in [0.25, 0.3) is 0 Å². The van der Waals surface area contributed by atoms with Gasteiger partial charge in [-0.25, -0.2) is 4.57 Å².